The van der Waals surface area contributed by atoms with E-state index in [1.807, 2.05) is 6.92 Å². The highest BCUT2D eigenvalue weighted by Crippen LogP contribution is 2.49. The maximum Gasteiger partial charge on any atom is 0.426 e. The van der Waals surface area contributed by atoms with Crippen LogP contribution in [0.3, 0.4) is 0 Å². The third kappa shape index (κ3) is 6.24. The van der Waals surface area contributed by atoms with E-state index in [1.165, 1.54) is 6.26 Å². The molecule has 0 heterocycles. The topological polar surface area (TPSA) is 29.5 Å². The second-order valence-corrected chi connectivity index (χ2v) is 5.77. The third-order valence-electron chi connectivity index (χ3n) is 4.16. The molecule has 0 aliphatic heterocycles. The molecule has 2 atom stereocenters. The smallest absolute Gasteiger partial charge is 0.426 e. The third-order valence-corrected chi connectivity index (χ3v) is 4.16. The number of rotatable bonds is 4. The highest BCUT2D eigenvalue weighted by Gasteiger charge is 2.70. The lowest BCUT2D eigenvalue weighted by atomic mass is 9.75. The van der Waals surface area contributed by atoms with Gasteiger partial charge < -0.3 is 9.84 Å². The Balaban J connectivity index is 0.00000108. The van der Waals surface area contributed by atoms with Gasteiger partial charge in [-0.2, -0.15) is 26.3 Å². The Hall–Kier alpha value is -0.920. The van der Waals surface area contributed by atoms with Gasteiger partial charge in [0.05, 0.1) is 13.4 Å². The minimum absolute atomic E-state index is 0.157. The first-order valence-electron chi connectivity index (χ1n) is 7.42. The lowest BCUT2D eigenvalue weighted by Gasteiger charge is -2.37. The quantitative estimate of drug-likeness (QED) is 0.556. The molecule has 0 saturated heterocycles. The molecule has 0 spiro atoms. The number of methoxy groups -OCH3 is 1. The zero-order valence-corrected chi connectivity index (χ0v) is 13.3. The van der Waals surface area contributed by atoms with Crippen LogP contribution in [0.2, 0.25) is 0 Å². The second-order valence-electron chi connectivity index (χ2n) is 5.77. The molecule has 0 radical (unpaired) electrons. The molecule has 0 aromatic carbocycles. The van der Waals surface area contributed by atoms with Gasteiger partial charge >= 0.3 is 12.4 Å². The van der Waals surface area contributed by atoms with Crippen LogP contribution in [-0.4, -0.2) is 30.2 Å². The van der Waals surface area contributed by atoms with E-state index in [1.54, 1.807) is 7.11 Å². The molecule has 0 aromatic rings. The summed E-state index contributed by atoms with van der Waals surface area (Å²) in [4.78, 5) is 0. The molecular formula is C15H24F6O2. The molecule has 1 aliphatic carbocycles. The van der Waals surface area contributed by atoms with Gasteiger partial charge in [0.25, 0.3) is 5.60 Å². The summed E-state index contributed by atoms with van der Waals surface area (Å²) in [6.45, 7) is 5.12. The van der Waals surface area contributed by atoms with Crippen molar-refractivity contribution in [3.05, 3.63) is 12.8 Å². The average Bonchev–Trinajstić information content (AvgIpc) is 2.45. The van der Waals surface area contributed by atoms with Crippen LogP contribution in [0.4, 0.5) is 26.3 Å². The molecule has 1 rings (SSSR count). The summed E-state index contributed by atoms with van der Waals surface area (Å²) < 4.78 is 79.7. The summed E-state index contributed by atoms with van der Waals surface area (Å²) in [6.07, 6.45) is -8.45. The summed E-state index contributed by atoms with van der Waals surface area (Å²) in [5.41, 5.74) is -4.58. The van der Waals surface area contributed by atoms with Crippen molar-refractivity contribution in [1.82, 2.24) is 0 Å². The van der Waals surface area contributed by atoms with Gasteiger partial charge in [0, 0.05) is 0 Å². The Morgan fingerprint density at radius 2 is 1.52 bits per heavy atom. The van der Waals surface area contributed by atoms with Gasteiger partial charge in [0.2, 0.25) is 0 Å². The van der Waals surface area contributed by atoms with Crippen LogP contribution in [0, 0.1) is 11.8 Å². The van der Waals surface area contributed by atoms with Crippen LogP contribution in [-0.2, 0) is 4.74 Å². The zero-order chi connectivity index (χ0) is 18.3. The Labute approximate surface area is 132 Å². The van der Waals surface area contributed by atoms with E-state index in [0.29, 0.717) is 19.3 Å². The number of hydrogen-bond donors (Lipinski definition) is 1. The maximum atomic E-state index is 12.6. The molecule has 2 unspecified atom stereocenters. The number of halogens is 6. The van der Waals surface area contributed by atoms with Crippen LogP contribution in [0.25, 0.3) is 0 Å². The van der Waals surface area contributed by atoms with Gasteiger partial charge in [0.1, 0.15) is 0 Å². The van der Waals surface area contributed by atoms with Gasteiger partial charge in [0.15, 0.2) is 0 Å². The fraction of sp³-hybridized carbons (Fsp3) is 0.867. The van der Waals surface area contributed by atoms with Crippen molar-refractivity contribution in [2.24, 2.45) is 11.8 Å². The fourth-order valence-corrected chi connectivity index (χ4v) is 2.77. The molecule has 1 N–H and O–H groups in total. The van der Waals surface area contributed by atoms with E-state index >= 15 is 0 Å². The SMILES string of the molecule is C=COC.CCC1CCCC(CC(O)(C(F)(F)F)C(F)(F)F)C1. The molecule has 0 aromatic heterocycles. The van der Waals surface area contributed by atoms with Crippen molar-refractivity contribution in [3.63, 3.8) is 0 Å². The monoisotopic (exact) mass is 350 g/mol. The number of alkyl halides is 6. The van der Waals surface area contributed by atoms with Crippen LogP contribution in [0.1, 0.15) is 45.4 Å². The summed E-state index contributed by atoms with van der Waals surface area (Å²) in [5.74, 6) is -0.573. The summed E-state index contributed by atoms with van der Waals surface area (Å²) in [6, 6.07) is 0. The molecule has 8 heteroatoms. The first kappa shape index (κ1) is 22.1. The van der Waals surface area contributed by atoms with E-state index in [-0.39, 0.29) is 5.92 Å². The molecule has 1 aliphatic rings. The van der Waals surface area contributed by atoms with Crippen molar-refractivity contribution >= 4 is 0 Å². The summed E-state index contributed by atoms with van der Waals surface area (Å²) in [7, 11) is 1.56. The second kappa shape index (κ2) is 8.80. The average molecular weight is 350 g/mol. The Bertz CT molecular complexity index is 337. The van der Waals surface area contributed by atoms with E-state index in [9.17, 15) is 26.3 Å². The van der Waals surface area contributed by atoms with Crippen molar-refractivity contribution < 1.29 is 36.2 Å². The molecule has 23 heavy (non-hydrogen) atoms. The molecular weight excluding hydrogens is 326 g/mol. The fourth-order valence-electron chi connectivity index (χ4n) is 2.77. The van der Waals surface area contributed by atoms with Crippen molar-refractivity contribution in [2.45, 2.75) is 63.4 Å². The van der Waals surface area contributed by atoms with Gasteiger partial charge in [-0.25, -0.2) is 0 Å². The van der Waals surface area contributed by atoms with Crippen molar-refractivity contribution in [1.29, 1.82) is 0 Å². The predicted octanol–water partition coefficient (Wildman–Crippen LogP) is 5.22. The van der Waals surface area contributed by atoms with Crippen molar-refractivity contribution in [2.75, 3.05) is 7.11 Å². The van der Waals surface area contributed by atoms with E-state index < -0.39 is 30.3 Å². The molecule has 2 nitrogen and oxygen atoms in total. The van der Waals surface area contributed by atoms with Gasteiger partial charge in [-0.3, -0.25) is 0 Å². The highest BCUT2D eigenvalue weighted by molar-refractivity contribution is 4.96. The zero-order valence-electron chi connectivity index (χ0n) is 13.3. The maximum absolute atomic E-state index is 12.6. The predicted molar refractivity (Wildman–Crippen MR) is 74.6 cm³/mol. The number of aliphatic hydroxyl groups is 1. The first-order valence-corrected chi connectivity index (χ1v) is 7.42. The minimum Gasteiger partial charge on any atom is -0.505 e. The van der Waals surface area contributed by atoms with E-state index in [4.69, 9.17) is 5.11 Å². The summed E-state index contributed by atoms with van der Waals surface area (Å²) in [5, 5.41) is 9.15. The molecule has 0 amide bonds. The Morgan fingerprint density at radius 3 is 1.87 bits per heavy atom. The molecule has 1 fully saturated rings. The Kier molecular flexibility index (Phi) is 8.45. The van der Waals surface area contributed by atoms with Crippen LogP contribution in [0.15, 0.2) is 12.8 Å². The van der Waals surface area contributed by atoms with E-state index in [0.717, 1.165) is 12.8 Å². The highest BCUT2D eigenvalue weighted by atomic mass is 19.4. The van der Waals surface area contributed by atoms with Crippen LogP contribution >= 0.6 is 0 Å². The Morgan fingerprint density at radius 1 is 1.09 bits per heavy atom. The first-order chi connectivity index (χ1) is 10.4. The van der Waals surface area contributed by atoms with Gasteiger partial charge in [-0.15, -0.1) is 0 Å². The van der Waals surface area contributed by atoms with Crippen LogP contribution < -0.4 is 0 Å². The minimum atomic E-state index is -5.69. The lowest BCUT2D eigenvalue weighted by Crippen LogP contribution is -2.57. The number of hydrogen-bond acceptors (Lipinski definition) is 2. The van der Waals surface area contributed by atoms with Gasteiger partial charge in [-0.1, -0.05) is 39.2 Å². The van der Waals surface area contributed by atoms with Gasteiger partial charge in [-0.05, 0) is 24.7 Å². The molecule has 1 saturated carbocycles. The summed E-state index contributed by atoms with van der Waals surface area (Å²) >= 11 is 0. The molecule has 0 bridgehead atoms. The molecule has 138 valence electrons. The normalized spacial score (nSPS) is 22.8. The van der Waals surface area contributed by atoms with E-state index in [2.05, 4.69) is 11.3 Å². The lowest BCUT2D eigenvalue weighted by molar-refractivity contribution is -0.373. The largest absolute Gasteiger partial charge is 0.505 e. The van der Waals surface area contributed by atoms with Crippen LogP contribution in [0.5, 0.6) is 0 Å². The van der Waals surface area contributed by atoms with Crippen molar-refractivity contribution in [3.8, 4) is 0 Å². The number of ether oxygens (including phenoxy) is 1. The standard InChI is InChI=1S/C12H18F6O.C3H6O/c1-2-8-4-3-5-9(6-8)7-10(19,11(13,14)15)12(16,17)18;1-3-4-2/h8-9,19H,2-7H2,1H3;3H,1H2,2H3.